The van der Waals surface area contributed by atoms with Gasteiger partial charge in [-0.05, 0) is 116 Å². The van der Waals surface area contributed by atoms with Crippen molar-refractivity contribution in [3.63, 3.8) is 0 Å². The first-order chi connectivity index (χ1) is 38.2. The van der Waals surface area contributed by atoms with Gasteiger partial charge in [0.25, 0.3) is 0 Å². The Kier molecular flexibility index (Phi) is 57.2. The predicted octanol–water partition coefficient (Wildman–Crippen LogP) is 19.0. The molecule has 0 amide bonds. The molecule has 0 aromatic carbocycles. The van der Waals surface area contributed by atoms with Crippen LogP contribution in [0.2, 0.25) is 0 Å². The number of rotatable bonds is 58. The van der Waals surface area contributed by atoms with Crippen molar-refractivity contribution in [1.82, 2.24) is 0 Å². The second kappa shape index (κ2) is 59.8. The molecule has 0 aliphatic rings. The number of hydrogen-bond acceptors (Lipinski definition) is 10. The summed E-state index contributed by atoms with van der Waals surface area (Å²) in [5, 5.41) is 9.85. The largest absolute Gasteiger partial charge is 0.472 e. The van der Waals surface area contributed by atoms with Crippen LogP contribution >= 0.6 is 7.82 Å². The average molecular weight is 1120 g/mol. The first-order valence-corrected chi connectivity index (χ1v) is 33.0. The van der Waals surface area contributed by atoms with E-state index in [2.05, 4.69) is 106 Å². The van der Waals surface area contributed by atoms with E-state index >= 15 is 0 Å². The van der Waals surface area contributed by atoms with Crippen LogP contribution in [0.4, 0.5) is 0 Å². The zero-order chi connectivity index (χ0) is 56.9. The molecule has 0 saturated heterocycles. The number of unbranched alkanes of at least 4 members (excludes halogenated alkanes) is 27. The summed E-state index contributed by atoms with van der Waals surface area (Å²) in [7, 11) is -4.76. The lowest BCUT2D eigenvalue weighted by Crippen LogP contribution is -2.30. The van der Waals surface area contributed by atoms with E-state index in [0.717, 1.165) is 141 Å². The summed E-state index contributed by atoms with van der Waals surface area (Å²) < 4.78 is 39.6. The van der Waals surface area contributed by atoms with Gasteiger partial charge >= 0.3 is 25.7 Å². The zero-order valence-electron chi connectivity index (χ0n) is 49.9. The Balaban J connectivity index is 4.74. The molecule has 0 heterocycles. The Bertz CT molecular complexity index is 1630. The van der Waals surface area contributed by atoms with Gasteiger partial charge in [-0.25, -0.2) is 4.57 Å². The number of phosphoric ester groups is 1. The Morgan fingerprint density at radius 1 is 0.372 bits per heavy atom. The molecule has 0 fully saturated rings. The Morgan fingerprint density at radius 3 is 1.06 bits per heavy atom. The lowest BCUT2D eigenvalue weighted by molar-refractivity contribution is -0.161. The van der Waals surface area contributed by atoms with Gasteiger partial charge in [-0.3, -0.25) is 23.4 Å². The summed E-state index contributed by atoms with van der Waals surface area (Å²) >= 11 is 0. The molecule has 0 aliphatic heterocycles. The van der Waals surface area contributed by atoms with Crippen LogP contribution in [-0.4, -0.2) is 66.5 Å². The average Bonchev–Trinajstić information content (AvgIpc) is 3.43. The third kappa shape index (κ3) is 57.3. The van der Waals surface area contributed by atoms with Crippen molar-refractivity contribution < 1.29 is 52.2 Å². The fourth-order valence-electron chi connectivity index (χ4n) is 8.49. The molecule has 3 unspecified atom stereocenters. The molecule has 3 atom stereocenters. The van der Waals surface area contributed by atoms with Crippen molar-refractivity contribution >= 4 is 25.7 Å². The number of hydrogen-bond donors (Lipinski definition) is 2. The summed E-state index contributed by atoms with van der Waals surface area (Å²) in [6.07, 6.45) is 69.5. The van der Waals surface area contributed by atoms with Gasteiger partial charge in [-0.15, -0.1) is 0 Å². The van der Waals surface area contributed by atoms with E-state index in [-0.39, 0.29) is 25.9 Å². The summed E-state index contributed by atoms with van der Waals surface area (Å²) in [6.45, 7) is 4.49. The number of allylic oxidation sites excluding steroid dienone is 14. The van der Waals surface area contributed by atoms with Crippen LogP contribution in [0.3, 0.4) is 0 Å². The summed E-state index contributed by atoms with van der Waals surface area (Å²) in [6, 6.07) is 0. The smallest absolute Gasteiger partial charge is 0.462 e. The van der Waals surface area contributed by atoms with Gasteiger partial charge in [0.2, 0.25) is 0 Å². The molecule has 450 valence electrons. The van der Waals surface area contributed by atoms with E-state index in [0.29, 0.717) is 19.3 Å². The molecule has 11 nitrogen and oxygen atoms in total. The minimum Gasteiger partial charge on any atom is -0.462 e. The molecular weight excluding hydrogens is 1000 g/mol. The molecule has 0 spiro atoms. The van der Waals surface area contributed by atoms with Crippen LogP contribution < -0.4 is 0 Å². The molecule has 0 radical (unpaired) electrons. The van der Waals surface area contributed by atoms with E-state index in [9.17, 15) is 28.9 Å². The Labute approximate surface area is 477 Å². The van der Waals surface area contributed by atoms with Crippen molar-refractivity contribution in [3.8, 4) is 0 Å². The molecule has 0 aliphatic carbocycles. The lowest BCUT2D eigenvalue weighted by atomic mass is 10.1. The van der Waals surface area contributed by atoms with Gasteiger partial charge < -0.3 is 24.2 Å². The number of esters is 3. The highest BCUT2D eigenvalue weighted by Gasteiger charge is 2.28. The Morgan fingerprint density at radius 2 is 0.667 bits per heavy atom. The van der Waals surface area contributed by atoms with Gasteiger partial charge in [-0.1, -0.05) is 228 Å². The van der Waals surface area contributed by atoms with Gasteiger partial charge in [0.15, 0.2) is 6.10 Å². The van der Waals surface area contributed by atoms with E-state index < -0.39 is 57.8 Å². The van der Waals surface area contributed by atoms with Crippen molar-refractivity contribution in [1.29, 1.82) is 0 Å². The van der Waals surface area contributed by atoms with Gasteiger partial charge in [0.1, 0.15) is 12.7 Å². The third-order valence-corrected chi connectivity index (χ3v) is 14.2. The highest BCUT2D eigenvalue weighted by atomic mass is 31.2. The normalized spacial score (nSPS) is 13.9. The molecule has 78 heavy (non-hydrogen) atoms. The maximum absolute atomic E-state index is 12.9. The van der Waals surface area contributed by atoms with E-state index in [1.54, 1.807) is 0 Å². The van der Waals surface area contributed by atoms with Gasteiger partial charge in [-0.2, -0.15) is 0 Å². The Hall–Kier alpha value is -3.34. The van der Waals surface area contributed by atoms with Crippen molar-refractivity contribution in [3.05, 3.63) is 85.1 Å². The molecule has 12 heteroatoms. The monoisotopic (exact) mass is 1110 g/mol. The highest BCUT2D eigenvalue weighted by molar-refractivity contribution is 7.47. The van der Waals surface area contributed by atoms with Crippen molar-refractivity contribution in [2.45, 2.75) is 290 Å². The molecule has 0 rings (SSSR count). The SMILES string of the molecule is CC/C=C\C/C=C\C/C=C\CCCCCCCCCC(=O)OC(CO)COP(=O)(O)OCC(COC(=O)CCCCCCC/C=C\CCCCCCCC)OC(=O)CCCCCCCC/C=C\C/C=C\C/C=C\CCCCC. The minimum absolute atomic E-state index is 0.149. The van der Waals surface area contributed by atoms with Crippen LogP contribution in [-0.2, 0) is 42.2 Å². The second-order valence-electron chi connectivity index (χ2n) is 20.8. The van der Waals surface area contributed by atoms with Crippen LogP contribution in [0.1, 0.15) is 278 Å². The first-order valence-electron chi connectivity index (χ1n) is 31.5. The van der Waals surface area contributed by atoms with E-state index in [4.69, 9.17) is 23.3 Å². The number of carbonyl (C=O) groups excluding carboxylic acids is 3. The fraction of sp³-hybridized carbons (Fsp3) is 0.742. The van der Waals surface area contributed by atoms with Crippen LogP contribution in [0.15, 0.2) is 85.1 Å². The number of aliphatic hydroxyl groups is 1. The minimum atomic E-state index is -4.76. The molecule has 2 N–H and O–H groups in total. The summed E-state index contributed by atoms with van der Waals surface area (Å²) in [4.78, 5) is 48.7. The van der Waals surface area contributed by atoms with E-state index in [1.807, 2.05) is 0 Å². The standard InChI is InChI=1S/C66H115O11P/c1-4-7-10-13-16-19-22-25-28-30-31-33-36-39-42-45-48-51-54-57-66(70)77-63(59-73-64(68)55-52-49-46-43-40-37-34-27-24-21-18-15-12-9-6-3)61-75-78(71,72)74-60-62(58-67)76-65(69)56-53-50-47-44-41-38-35-32-29-26-23-20-17-14-11-8-5-2/h8,11,16-17,19-20,25-29,31,33-34,62-63,67H,4-7,9-10,12-15,18,21-24,30,32,35-61H2,1-3H3,(H,71,72)/b11-8-,19-16-,20-17-,28-25-,29-26-,33-31-,34-27-. The van der Waals surface area contributed by atoms with Crippen LogP contribution in [0.25, 0.3) is 0 Å². The van der Waals surface area contributed by atoms with Gasteiger partial charge in [0.05, 0.1) is 19.8 Å². The third-order valence-electron chi connectivity index (χ3n) is 13.3. The molecule has 0 aromatic heterocycles. The highest BCUT2D eigenvalue weighted by Crippen LogP contribution is 2.43. The predicted molar refractivity (Wildman–Crippen MR) is 325 cm³/mol. The molecule has 0 aromatic rings. The van der Waals surface area contributed by atoms with E-state index in [1.165, 1.54) is 77.0 Å². The molecule has 0 bridgehead atoms. The number of carbonyl (C=O) groups is 3. The van der Waals surface area contributed by atoms with Crippen molar-refractivity contribution in [2.24, 2.45) is 0 Å². The van der Waals surface area contributed by atoms with Gasteiger partial charge in [0, 0.05) is 19.3 Å². The maximum Gasteiger partial charge on any atom is 0.472 e. The number of ether oxygens (including phenoxy) is 3. The van der Waals surface area contributed by atoms with Crippen LogP contribution in [0, 0.1) is 0 Å². The lowest BCUT2D eigenvalue weighted by Gasteiger charge is -2.21. The number of aliphatic hydroxyl groups excluding tert-OH is 1. The summed E-state index contributed by atoms with van der Waals surface area (Å²) in [5.41, 5.74) is 0. The molecular formula is C66H115O11P. The second-order valence-corrected chi connectivity index (χ2v) is 22.3. The van der Waals surface area contributed by atoms with Crippen LogP contribution in [0.5, 0.6) is 0 Å². The first kappa shape index (κ1) is 74.7. The maximum atomic E-state index is 12.9. The fourth-order valence-corrected chi connectivity index (χ4v) is 9.27. The quantitative estimate of drug-likeness (QED) is 0.0197. The summed E-state index contributed by atoms with van der Waals surface area (Å²) in [5.74, 6) is -1.49. The topological polar surface area (TPSA) is 155 Å². The zero-order valence-corrected chi connectivity index (χ0v) is 50.8. The molecule has 0 saturated carbocycles. The number of phosphoric acid groups is 1. The van der Waals surface area contributed by atoms with Crippen molar-refractivity contribution in [2.75, 3.05) is 26.4 Å².